The van der Waals surface area contributed by atoms with Crippen LogP contribution in [0.1, 0.15) is 316 Å². The van der Waals surface area contributed by atoms with Gasteiger partial charge in [-0.1, -0.05) is 324 Å². The van der Waals surface area contributed by atoms with Gasteiger partial charge in [-0.15, -0.1) is 0 Å². The third-order valence-corrected chi connectivity index (χ3v) is 14.1. The number of aliphatic hydroxyl groups excluding tert-OH is 2. The second-order valence-electron chi connectivity index (χ2n) is 21.1. The summed E-state index contributed by atoms with van der Waals surface area (Å²) in [6, 6.07) is -0.626. The number of carbonyl (C=O) groups excluding carboxylic acids is 1. The summed E-state index contributed by atoms with van der Waals surface area (Å²) < 4.78 is 0. The summed E-state index contributed by atoms with van der Waals surface area (Å²) in [6.45, 7) is 4.22. The maximum Gasteiger partial charge on any atom is 0.220 e. The molecule has 0 heterocycles. The van der Waals surface area contributed by atoms with E-state index < -0.39 is 12.1 Å². The second kappa shape index (κ2) is 61.9. The van der Waals surface area contributed by atoms with Crippen molar-refractivity contribution in [2.45, 2.75) is 328 Å². The van der Waals surface area contributed by atoms with Crippen molar-refractivity contribution < 1.29 is 15.0 Å². The first-order valence-electron chi connectivity index (χ1n) is 31.3. The van der Waals surface area contributed by atoms with Gasteiger partial charge in [0.1, 0.15) is 0 Å². The Balaban J connectivity index is 3.49. The highest BCUT2D eigenvalue weighted by atomic mass is 16.3. The molecule has 0 saturated carbocycles. The van der Waals surface area contributed by atoms with Gasteiger partial charge in [0.15, 0.2) is 0 Å². The monoisotopic (exact) mass is 988 g/mol. The number of amides is 1. The molecule has 4 heteroatoms. The van der Waals surface area contributed by atoms with Crippen LogP contribution < -0.4 is 5.32 Å². The van der Waals surface area contributed by atoms with E-state index in [-0.39, 0.29) is 12.5 Å². The lowest BCUT2D eigenvalue weighted by atomic mass is 10.0. The fourth-order valence-electron chi connectivity index (χ4n) is 9.42. The molecule has 0 aromatic rings. The molecule has 0 bridgehead atoms. The molecule has 0 aromatic carbocycles. The SMILES string of the molecule is CC/C=C\C/C=C\C/C=C\C/C=C\C/C=C\C/C=C\CCCCCCCCCCCCCCCCCCC(=O)NC(CO)C(O)/C=C/CCCCCCCCCCCCCCCCCCCCCCCC. The third kappa shape index (κ3) is 58.3. The van der Waals surface area contributed by atoms with E-state index in [0.717, 1.165) is 64.2 Å². The van der Waals surface area contributed by atoms with Gasteiger partial charge in [-0.05, 0) is 70.6 Å². The average Bonchev–Trinajstić information content (AvgIpc) is 3.37. The molecule has 0 aromatic heterocycles. The topological polar surface area (TPSA) is 69.6 Å². The van der Waals surface area contributed by atoms with E-state index in [4.69, 9.17) is 0 Å². The molecule has 0 aliphatic carbocycles. The van der Waals surface area contributed by atoms with Crippen molar-refractivity contribution in [1.29, 1.82) is 0 Å². The first-order chi connectivity index (χ1) is 35.2. The van der Waals surface area contributed by atoms with Crippen molar-refractivity contribution in [3.63, 3.8) is 0 Å². The molecule has 2 atom stereocenters. The van der Waals surface area contributed by atoms with Crippen molar-refractivity contribution in [3.8, 4) is 0 Å². The van der Waals surface area contributed by atoms with Gasteiger partial charge in [0.05, 0.1) is 18.8 Å². The van der Waals surface area contributed by atoms with Gasteiger partial charge in [-0.3, -0.25) is 4.79 Å². The number of hydrogen-bond donors (Lipinski definition) is 3. The van der Waals surface area contributed by atoms with Crippen LogP contribution in [0.4, 0.5) is 0 Å². The highest BCUT2D eigenvalue weighted by Gasteiger charge is 2.18. The Hall–Kier alpha value is -2.43. The lowest BCUT2D eigenvalue weighted by molar-refractivity contribution is -0.123. The maximum atomic E-state index is 12.5. The number of hydrogen-bond acceptors (Lipinski definition) is 3. The lowest BCUT2D eigenvalue weighted by Gasteiger charge is -2.20. The van der Waals surface area contributed by atoms with Crippen LogP contribution in [-0.4, -0.2) is 34.9 Å². The predicted octanol–water partition coefficient (Wildman–Crippen LogP) is 21.1. The van der Waals surface area contributed by atoms with Gasteiger partial charge in [0.25, 0.3) is 0 Å². The second-order valence-corrected chi connectivity index (χ2v) is 21.1. The van der Waals surface area contributed by atoms with Crippen LogP contribution in [0.25, 0.3) is 0 Å². The minimum atomic E-state index is -0.843. The minimum Gasteiger partial charge on any atom is -0.394 e. The molecule has 71 heavy (non-hydrogen) atoms. The minimum absolute atomic E-state index is 0.0621. The summed E-state index contributed by atoms with van der Waals surface area (Å²) in [5.41, 5.74) is 0. The molecule has 0 fully saturated rings. The normalized spacial score (nSPS) is 13.4. The van der Waals surface area contributed by atoms with Crippen LogP contribution in [0, 0.1) is 0 Å². The molecule has 3 N–H and O–H groups in total. The fourth-order valence-corrected chi connectivity index (χ4v) is 9.42. The van der Waals surface area contributed by atoms with E-state index in [1.54, 1.807) is 6.08 Å². The van der Waals surface area contributed by atoms with Crippen LogP contribution in [0.2, 0.25) is 0 Å². The van der Waals surface area contributed by atoms with E-state index in [0.29, 0.717) is 6.42 Å². The Morgan fingerprint density at radius 3 is 0.930 bits per heavy atom. The Bertz CT molecular complexity index is 1260. The van der Waals surface area contributed by atoms with E-state index in [2.05, 4.69) is 92.1 Å². The molecule has 0 aliphatic rings. The summed E-state index contributed by atoms with van der Waals surface area (Å²) in [7, 11) is 0. The Morgan fingerprint density at radius 1 is 0.352 bits per heavy atom. The van der Waals surface area contributed by atoms with Crippen LogP contribution in [0.5, 0.6) is 0 Å². The molecule has 0 saturated heterocycles. The highest BCUT2D eigenvalue weighted by molar-refractivity contribution is 5.76. The lowest BCUT2D eigenvalue weighted by Crippen LogP contribution is -2.45. The van der Waals surface area contributed by atoms with Crippen molar-refractivity contribution in [2.75, 3.05) is 6.61 Å². The van der Waals surface area contributed by atoms with Crippen LogP contribution >= 0.6 is 0 Å². The summed E-state index contributed by atoms with van der Waals surface area (Å²) >= 11 is 0. The van der Waals surface area contributed by atoms with Gasteiger partial charge < -0.3 is 15.5 Å². The average molecular weight is 989 g/mol. The van der Waals surface area contributed by atoms with Gasteiger partial charge >= 0.3 is 0 Å². The Morgan fingerprint density at radius 2 is 0.620 bits per heavy atom. The number of rotatable bonds is 57. The Labute approximate surface area is 443 Å². The van der Waals surface area contributed by atoms with Crippen LogP contribution in [-0.2, 0) is 4.79 Å². The number of carbonyl (C=O) groups is 1. The maximum absolute atomic E-state index is 12.5. The zero-order valence-electron chi connectivity index (χ0n) is 47.5. The molecule has 0 aliphatic heterocycles. The van der Waals surface area contributed by atoms with Crippen molar-refractivity contribution in [1.82, 2.24) is 5.32 Å². The first-order valence-corrected chi connectivity index (χ1v) is 31.3. The largest absolute Gasteiger partial charge is 0.394 e. The Kier molecular flexibility index (Phi) is 59.8. The summed E-state index contributed by atoms with van der Waals surface area (Å²) in [6.07, 6.45) is 90.5. The van der Waals surface area contributed by atoms with Crippen LogP contribution in [0.15, 0.2) is 85.1 Å². The molecule has 2 unspecified atom stereocenters. The number of nitrogens with one attached hydrogen (secondary N) is 1. The summed E-state index contributed by atoms with van der Waals surface area (Å²) in [5, 5.41) is 23.2. The van der Waals surface area contributed by atoms with Gasteiger partial charge in [-0.2, -0.15) is 0 Å². The zero-order valence-corrected chi connectivity index (χ0v) is 47.5. The first kappa shape index (κ1) is 68.6. The van der Waals surface area contributed by atoms with E-state index >= 15 is 0 Å². The summed E-state index contributed by atoms with van der Waals surface area (Å²) in [5.74, 6) is -0.0621. The molecular formula is C67H121NO3. The molecule has 0 spiro atoms. The standard InChI is InChI=1S/C67H121NO3/c1-3-5-7-9-11-13-15-17-19-21-23-25-27-29-30-31-32-33-34-35-36-37-38-39-41-43-45-47-49-51-53-55-57-59-61-63-67(71)68-65(64-69)66(70)62-60-58-56-54-52-50-48-46-44-42-40-28-26-24-22-20-18-16-14-12-10-8-6-4-2/h5,7,11,13,17,19,23,25,29-30,32-33,60,62,65-66,69-70H,3-4,6,8-10,12,14-16,18,20-22,24,26-28,31,34-59,61,63-64H2,1-2H3,(H,68,71)/b7-5-,13-11-,19-17-,25-23-,30-29-,33-32-,62-60+. The van der Waals surface area contributed by atoms with E-state index in [9.17, 15) is 15.0 Å². The van der Waals surface area contributed by atoms with Gasteiger partial charge in [0, 0.05) is 6.42 Å². The molecule has 0 rings (SSSR count). The molecule has 412 valence electrons. The molecule has 4 nitrogen and oxygen atoms in total. The third-order valence-electron chi connectivity index (χ3n) is 14.1. The molecule has 0 radical (unpaired) electrons. The van der Waals surface area contributed by atoms with Gasteiger partial charge in [0.2, 0.25) is 5.91 Å². The zero-order chi connectivity index (χ0) is 51.3. The highest BCUT2D eigenvalue weighted by Crippen LogP contribution is 2.17. The molecular weight excluding hydrogens is 867 g/mol. The van der Waals surface area contributed by atoms with Crippen molar-refractivity contribution >= 4 is 5.91 Å². The quantitative estimate of drug-likeness (QED) is 0.0420. The smallest absolute Gasteiger partial charge is 0.220 e. The van der Waals surface area contributed by atoms with Crippen molar-refractivity contribution in [2.24, 2.45) is 0 Å². The number of unbranched alkanes of at least 4 members (excludes halogenated alkanes) is 38. The number of aliphatic hydroxyl groups is 2. The van der Waals surface area contributed by atoms with E-state index in [1.807, 2.05) is 6.08 Å². The van der Waals surface area contributed by atoms with Crippen LogP contribution in [0.3, 0.4) is 0 Å². The number of allylic oxidation sites excluding steroid dienone is 13. The van der Waals surface area contributed by atoms with E-state index in [1.165, 1.54) is 231 Å². The van der Waals surface area contributed by atoms with Crippen molar-refractivity contribution in [3.05, 3.63) is 85.1 Å². The van der Waals surface area contributed by atoms with Gasteiger partial charge in [-0.25, -0.2) is 0 Å². The molecule has 1 amide bonds. The fraction of sp³-hybridized carbons (Fsp3) is 0.776. The summed E-state index contributed by atoms with van der Waals surface area (Å²) in [4.78, 5) is 12.5. The predicted molar refractivity (Wildman–Crippen MR) is 317 cm³/mol.